The van der Waals surface area contributed by atoms with E-state index < -0.39 is 0 Å². The lowest BCUT2D eigenvalue weighted by Crippen LogP contribution is -2.50. The van der Waals surface area contributed by atoms with Gasteiger partial charge in [-0.25, -0.2) is 9.18 Å². The van der Waals surface area contributed by atoms with E-state index in [0.717, 1.165) is 38.8 Å². The summed E-state index contributed by atoms with van der Waals surface area (Å²) in [4.78, 5) is 27.4. The summed E-state index contributed by atoms with van der Waals surface area (Å²) in [5.41, 5.74) is 0.310. The van der Waals surface area contributed by atoms with E-state index in [1.54, 1.807) is 0 Å². The topological polar surface area (TPSA) is 73.5 Å². The van der Waals surface area contributed by atoms with Gasteiger partial charge in [0.15, 0.2) is 0 Å². The van der Waals surface area contributed by atoms with Crippen molar-refractivity contribution in [2.75, 3.05) is 31.5 Å². The SMILES string of the molecule is Cl.O=C(Nc1ccc(F)cc1)NC1CCN(C(=O)[C@@]23CCCC[C@H]2CNC3)C1. The first-order valence-electron chi connectivity index (χ1n) is 9.90. The van der Waals surface area contributed by atoms with Gasteiger partial charge in [0.1, 0.15) is 5.82 Å². The van der Waals surface area contributed by atoms with Crippen molar-refractivity contribution in [2.45, 2.75) is 38.1 Å². The molecule has 1 aromatic carbocycles. The van der Waals surface area contributed by atoms with Crippen LogP contribution in [0.15, 0.2) is 24.3 Å². The van der Waals surface area contributed by atoms with Crippen molar-refractivity contribution < 1.29 is 14.0 Å². The number of carbonyl (C=O) groups is 2. The first-order valence-corrected chi connectivity index (χ1v) is 9.90. The molecule has 0 radical (unpaired) electrons. The highest BCUT2D eigenvalue weighted by atomic mass is 35.5. The van der Waals surface area contributed by atoms with E-state index >= 15 is 0 Å². The Kier molecular flexibility index (Phi) is 6.45. The lowest BCUT2D eigenvalue weighted by atomic mass is 9.67. The predicted octanol–water partition coefficient (Wildman–Crippen LogP) is 2.75. The number of nitrogens with zero attached hydrogens (tertiary/aromatic N) is 1. The number of halogens is 2. The molecule has 28 heavy (non-hydrogen) atoms. The average Bonchev–Trinajstić information content (AvgIpc) is 3.30. The number of hydrogen-bond acceptors (Lipinski definition) is 3. The van der Waals surface area contributed by atoms with Gasteiger partial charge in [-0.1, -0.05) is 12.8 Å². The molecular formula is C20H28ClFN4O2. The van der Waals surface area contributed by atoms with Gasteiger partial charge in [-0.3, -0.25) is 4.79 Å². The van der Waals surface area contributed by atoms with Gasteiger partial charge in [0, 0.05) is 31.4 Å². The van der Waals surface area contributed by atoms with Gasteiger partial charge in [-0.2, -0.15) is 0 Å². The Morgan fingerprint density at radius 1 is 1.18 bits per heavy atom. The number of rotatable bonds is 3. The Labute approximate surface area is 171 Å². The largest absolute Gasteiger partial charge is 0.340 e. The summed E-state index contributed by atoms with van der Waals surface area (Å²) < 4.78 is 12.9. The Balaban J connectivity index is 0.00000225. The van der Waals surface area contributed by atoms with Crippen LogP contribution in [0.1, 0.15) is 32.1 Å². The molecule has 3 amide bonds. The van der Waals surface area contributed by atoms with Crippen LogP contribution in [0.2, 0.25) is 0 Å². The third-order valence-corrected chi connectivity index (χ3v) is 6.38. The van der Waals surface area contributed by atoms with Crippen LogP contribution in [0.25, 0.3) is 0 Å². The van der Waals surface area contributed by atoms with E-state index in [4.69, 9.17) is 0 Å². The third kappa shape index (κ3) is 4.10. The number of anilines is 1. The van der Waals surface area contributed by atoms with Gasteiger partial charge < -0.3 is 20.9 Å². The molecule has 1 unspecified atom stereocenters. The van der Waals surface area contributed by atoms with Gasteiger partial charge in [-0.15, -0.1) is 12.4 Å². The second kappa shape index (κ2) is 8.66. The number of likely N-dealkylation sites (tertiary alicyclic amines) is 1. The molecule has 1 aromatic rings. The summed E-state index contributed by atoms with van der Waals surface area (Å²) in [5.74, 6) is 0.376. The van der Waals surface area contributed by atoms with Crippen molar-refractivity contribution in [3.8, 4) is 0 Å². The molecule has 3 N–H and O–H groups in total. The van der Waals surface area contributed by atoms with Crippen LogP contribution in [0.4, 0.5) is 14.9 Å². The molecule has 6 nitrogen and oxygen atoms in total. The van der Waals surface area contributed by atoms with Crippen molar-refractivity contribution in [2.24, 2.45) is 11.3 Å². The minimum atomic E-state index is -0.340. The maximum atomic E-state index is 13.3. The molecule has 154 valence electrons. The van der Waals surface area contributed by atoms with Gasteiger partial charge >= 0.3 is 6.03 Å². The summed E-state index contributed by atoms with van der Waals surface area (Å²) in [5, 5.41) is 9.07. The highest BCUT2D eigenvalue weighted by Crippen LogP contribution is 2.45. The smallest absolute Gasteiger partial charge is 0.319 e. The van der Waals surface area contributed by atoms with Crippen LogP contribution < -0.4 is 16.0 Å². The van der Waals surface area contributed by atoms with Crippen LogP contribution >= 0.6 is 12.4 Å². The molecule has 2 aliphatic heterocycles. The summed E-state index contributed by atoms with van der Waals surface area (Å²) in [6, 6.07) is 5.28. The fourth-order valence-corrected chi connectivity index (χ4v) is 4.93. The van der Waals surface area contributed by atoms with Crippen molar-refractivity contribution in [3.63, 3.8) is 0 Å². The van der Waals surface area contributed by atoms with E-state index in [2.05, 4.69) is 16.0 Å². The molecule has 8 heteroatoms. The summed E-state index contributed by atoms with van der Waals surface area (Å²) in [6.45, 7) is 2.98. The van der Waals surface area contributed by atoms with Crippen molar-refractivity contribution in [1.29, 1.82) is 0 Å². The Morgan fingerprint density at radius 2 is 1.96 bits per heavy atom. The number of benzene rings is 1. The first kappa shape index (κ1) is 20.9. The average molecular weight is 411 g/mol. The minimum absolute atomic E-state index is 0. The number of carbonyl (C=O) groups excluding carboxylic acids is 2. The molecule has 0 bridgehead atoms. The van der Waals surface area contributed by atoms with Crippen LogP contribution in [0.3, 0.4) is 0 Å². The maximum Gasteiger partial charge on any atom is 0.319 e. The normalized spacial score (nSPS) is 29.0. The molecule has 2 saturated heterocycles. The third-order valence-electron chi connectivity index (χ3n) is 6.38. The lowest BCUT2D eigenvalue weighted by molar-refractivity contribution is -0.144. The van der Waals surface area contributed by atoms with Crippen LogP contribution in [0, 0.1) is 17.2 Å². The lowest BCUT2D eigenvalue weighted by Gasteiger charge is -2.39. The monoisotopic (exact) mass is 410 g/mol. The van der Waals surface area contributed by atoms with Gasteiger partial charge in [0.05, 0.1) is 5.41 Å². The summed E-state index contributed by atoms with van der Waals surface area (Å²) in [7, 11) is 0. The Bertz CT molecular complexity index is 717. The van der Waals surface area contributed by atoms with E-state index in [1.165, 1.54) is 30.7 Å². The standard InChI is InChI=1S/C20H27FN4O2.ClH/c21-15-4-6-16(7-5-15)23-19(27)24-17-8-10-25(12-17)18(26)20-9-2-1-3-14(20)11-22-13-20;/h4-7,14,17,22H,1-3,8-13H2,(H2,23,24,27);1H/t14-,17?,20+;/m0./s1. The maximum absolute atomic E-state index is 13.3. The summed E-state index contributed by atoms with van der Waals surface area (Å²) in [6.07, 6.45) is 5.21. The zero-order valence-electron chi connectivity index (χ0n) is 15.9. The molecule has 4 rings (SSSR count). The molecule has 1 aliphatic carbocycles. The number of fused-ring (bicyclic) bond motifs is 1. The zero-order chi connectivity index (χ0) is 18.9. The van der Waals surface area contributed by atoms with E-state index in [1.807, 2.05) is 4.90 Å². The highest BCUT2D eigenvalue weighted by molar-refractivity contribution is 5.89. The van der Waals surface area contributed by atoms with Crippen LogP contribution in [-0.2, 0) is 4.79 Å². The molecule has 3 fully saturated rings. The number of urea groups is 1. The molecule has 3 aliphatic rings. The molecule has 2 heterocycles. The van der Waals surface area contributed by atoms with Crippen LogP contribution in [-0.4, -0.2) is 49.1 Å². The Hall–Kier alpha value is -1.86. The predicted molar refractivity (Wildman–Crippen MR) is 108 cm³/mol. The van der Waals surface area contributed by atoms with Gasteiger partial charge in [-0.05, 0) is 56.0 Å². The van der Waals surface area contributed by atoms with Crippen molar-refractivity contribution in [3.05, 3.63) is 30.1 Å². The number of hydrogen-bond donors (Lipinski definition) is 3. The molecule has 0 spiro atoms. The van der Waals surface area contributed by atoms with E-state index in [-0.39, 0.29) is 41.6 Å². The second-order valence-corrected chi connectivity index (χ2v) is 8.07. The molecular weight excluding hydrogens is 383 g/mol. The highest BCUT2D eigenvalue weighted by Gasteiger charge is 2.52. The summed E-state index contributed by atoms with van der Waals surface area (Å²) >= 11 is 0. The first-order chi connectivity index (χ1) is 13.1. The van der Waals surface area contributed by atoms with E-state index in [0.29, 0.717) is 24.7 Å². The molecule has 1 saturated carbocycles. The van der Waals surface area contributed by atoms with E-state index in [9.17, 15) is 14.0 Å². The van der Waals surface area contributed by atoms with Crippen LogP contribution in [0.5, 0.6) is 0 Å². The second-order valence-electron chi connectivity index (χ2n) is 8.07. The number of amides is 3. The van der Waals surface area contributed by atoms with Crippen molar-refractivity contribution in [1.82, 2.24) is 15.5 Å². The quantitative estimate of drug-likeness (QED) is 0.717. The zero-order valence-corrected chi connectivity index (χ0v) is 16.7. The minimum Gasteiger partial charge on any atom is -0.340 e. The fourth-order valence-electron chi connectivity index (χ4n) is 4.93. The fraction of sp³-hybridized carbons (Fsp3) is 0.600. The Morgan fingerprint density at radius 3 is 2.75 bits per heavy atom. The van der Waals surface area contributed by atoms with Gasteiger partial charge in [0.2, 0.25) is 5.91 Å². The molecule has 3 atom stereocenters. The number of nitrogens with one attached hydrogen (secondary N) is 3. The molecule has 0 aromatic heterocycles. The van der Waals surface area contributed by atoms with Gasteiger partial charge in [0.25, 0.3) is 0 Å². The van der Waals surface area contributed by atoms with Crippen molar-refractivity contribution >= 4 is 30.0 Å².